The van der Waals surface area contributed by atoms with Crippen LogP contribution in [0.3, 0.4) is 0 Å². The molecule has 0 aliphatic carbocycles. The molecule has 0 aromatic rings. The van der Waals surface area contributed by atoms with E-state index in [0.717, 1.165) is 6.61 Å². The van der Waals surface area contributed by atoms with E-state index in [2.05, 4.69) is 26.1 Å². The molecule has 2 bridgehead atoms. The second-order valence-electron chi connectivity index (χ2n) is 5.00. The fourth-order valence-electron chi connectivity index (χ4n) is 1.81. The van der Waals surface area contributed by atoms with Crippen LogP contribution in [0.2, 0.25) is 0 Å². The van der Waals surface area contributed by atoms with E-state index in [0.29, 0.717) is 18.7 Å². The monoisotopic (exact) mass is 185 g/mol. The first-order valence-electron chi connectivity index (χ1n) is 5.06. The summed E-state index contributed by atoms with van der Waals surface area (Å²) in [6.45, 7) is 7.80. The summed E-state index contributed by atoms with van der Waals surface area (Å²) in [6.07, 6.45) is 1.53. The summed E-state index contributed by atoms with van der Waals surface area (Å²) < 4.78 is 11.3. The largest absolute Gasteiger partial charge is 0.373 e. The highest BCUT2D eigenvalue weighted by molar-refractivity contribution is 4.97. The van der Waals surface area contributed by atoms with E-state index in [-0.39, 0.29) is 11.7 Å². The first-order valence-corrected chi connectivity index (χ1v) is 5.06. The summed E-state index contributed by atoms with van der Waals surface area (Å²) in [5.74, 6) is 0. The van der Waals surface area contributed by atoms with E-state index in [9.17, 15) is 0 Å². The second-order valence-corrected chi connectivity index (χ2v) is 5.00. The van der Waals surface area contributed by atoms with Gasteiger partial charge in [0.15, 0.2) is 0 Å². The van der Waals surface area contributed by atoms with Crippen LogP contribution in [0.25, 0.3) is 0 Å². The number of ether oxygens (including phenoxy) is 2. The molecule has 1 N–H and O–H groups in total. The van der Waals surface area contributed by atoms with Gasteiger partial charge in [-0.15, -0.1) is 0 Å². The Morgan fingerprint density at radius 1 is 1.46 bits per heavy atom. The summed E-state index contributed by atoms with van der Waals surface area (Å²) in [5, 5.41) is 3.46. The number of rotatable bonds is 2. The highest BCUT2D eigenvalue weighted by Crippen LogP contribution is 2.25. The van der Waals surface area contributed by atoms with Crippen molar-refractivity contribution in [3.63, 3.8) is 0 Å². The summed E-state index contributed by atoms with van der Waals surface area (Å²) in [5.41, 5.74) is -0.0516. The van der Waals surface area contributed by atoms with Crippen LogP contribution in [0.1, 0.15) is 27.2 Å². The third kappa shape index (κ3) is 2.22. The van der Waals surface area contributed by atoms with Crippen molar-refractivity contribution in [3.8, 4) is 0 Å². The summed E-state index contributed by atoms with van der Waals surface area (Å²) >= 11 is 0. The van der Waals surface area contributed by atoms with Crippen LogP contribution < -0.4 is 5.32 Å². The van der Waals surface area contributed by atoms with Gasteiger partial charge in [0.2, 0.25) is 0 Å². The lowest BCUT2D eigenvalue weighted by Gasteiger charge is -2.47. The molecule has 3 heteroatoms. The molecule has 0 spiro atoms. The molecule has 0 amide bonds. The molecule has 3 aliphatic rings. The van der Waals surface area contributed by atoms with Crippen molar-refractivity contribution in [2.45, 2.75) is 51.0 Å². The molecule has 0 radical (unpaired) electrons. The fourth-order valence-corrected chi connectivity index (χ4v) is 1.81. The lowest BCUT2D eigenvalue weighted by molar-refractivity contribution is -0.136. The van der Waals surface area contributed by atoms with Gasteiger partial charge in [0, 0.05) is 12.1 Å². The van der Waals surface area contributed by atoms with Gasteiger partial charge in [-0.2, -0.15) is 0 Å². The molecule has 76 valence electrons. The molecule has 0 saturated carbocycles. The highest BCUT2D eigenvalue weighted by atomic mass is 16.5. The van der Waals surface area contributed by atoms with E-state index < -0.39 is 0 Å². The van der Waals surface area contributed by atoms with E-state index in [1.165, 1.54) is 6.42 Å². The molecule has 0 aromatic carbocycles. The summed E-state index contributed by atoms with van der Waals surface area (Å²) in [7, 11) is 0. The third-order valence-corrected chi connectivity index (χ3v) is 2.63. The van der Waals surface area contributed by atoms with Crippen molar-refractivity contribution in [2.24, 2.45) is 0 Å². The minimum absolute atomic E-state index is 0.0516. The van der Waals surface area contributed by atoms with Gasteiger partial charge in [-0.05, 0) is 27.2 Å². The number of hydrogen-bond donors (Lipinski definition) is 1. The van der Waals surface area contributed by atoms with Gasteiger partial charge in [-0.25, -0.2) is 0 Å². The van der Waals surface area contributed by atoms with Crippen LogP contribution in [0.4, 0.5) is 0 Å². The topological polar surface area (TPSA) is 30.5 Å². The van der Waals surface area contributed by atoms with Crippen LogP contribution >= 0.6 is 0 Å². The Morgan fingerprint density at radius 3 is 2.62 bits per heavy atom. The van der Waals surface area contributed by atoms with Crippen molar-refractivity contribution < 1.29 is 9.47 Å². The fraction of sp³-hybridized carbons (Fsp3) is 1.00. The Morgan fingerprint density at radius 2 is 2.15 bits per heavy atom. The maximum atomic E-state index is 5.70. The first-order chi connectivity index (χ1) is 6.04. The van der Waals surface area contributed by atoms with Crippen molar-refractivity contribution >= 4 is 0 Å². The van der Waals surface area contributed by atoms with Crippen LogP contribution in [0.15, 0.2) is 0 Å². The lowest BCUT2D eigenvalue weighted by atomic mass is 9.90. The second kappa shape index (κ2) is 3.23. The zero-order chi connectivity index (χ0) is 9.47. The average Bonchev–Trinajstić information content (AvgIpc) is 1.98. The van der Waals surface area contributed by atoms with Gasteiger partial charge in [0.1, 0.15) is 0 Å². The minimum Gasteiger partial charge on any atom is -0.373 e. The van der Waals surface area contributed by atoms with Crippen LogP contribution in [-0.4, -0.2) is 37.0 Å². The molecule has 3 heterocycles. The molecular formula is C10H19NO2. The molecule has 3 atom stereocenters. The Balaban J connectivity index is 1.75. The minimum atomic E-state index is -0.0516. The normalized spacial score (nSPS) is 38.5. The van der Waals surface area contributed by atoms with E-state index >= 15 is 0 Å². The van der Waals surface area contributed by atoms with E-state index in [4.69, 9.17) is 9.47 Å². The number of morpholine rings is 1. The standard InChI is InChI=1S/C10H19NO2/c1-10(2,3)13-6-9-8-4-7(11-8)5-12-9/h7-9,11H,4-6H2,1-3H3/t7-,8+,9+/m0/s1. The predicted octanol–water partition coefficient (Wildman–Crippen LogP) is 0.931. The number of nitrogens with one attached hydrogen (secondary N) is 1. The zero-order valence-electron chi connectivity index (χ0n) is 8.67. The highest BCUT2D eigenvalue weighted by Gasteiger charge is 2.40. The van der Waals surface area contributed by atoms with Gasteiger partial charge in [-0.1, -0.05) is 0 Å². The first kappa shape index (κ1) is 9.44. The van der Waals surface area contributed by atoms with Gasteiger partial charge in [0.25, 0.3) is 0 Å². The maximum absolute atomic E-state index is 5.70. The molecule has 3 fully saturated rings. The maximum Gasteiger partial charge on any atom is 0.0962 e. The van der Waals surface area contributed by atoms with E-state index in [1.54, 1.807) is 0 Å². The molecule has 3 aliphatic heterocycles. The Bertz CT molecular complexity index is 179. The SMILES string of the molecule is CC(C)(C)OC[C@H]1OC[C@@H]2C[C@H]1N2. The van der Waals surface area contributed by atoms with Crippen molar-refractivity contribution in [1.29, 1.82) is 0 Å². The summed E-state index contributed by atoms with van der Waals surface area (Å²) in [6, 6.07) is 1.16. The lowest BCUT2D eigenvalue weighted by Crippen LogP contribution is -2.66. The Hall–Kier alpha value is -0.120. The smallest absolute Gasteiger partial charge is 0.0962 e. The van der Waals surface area contributed by atoms with E-state index in [1.807, 2.05) is 0 Å². The quantitative estimate of drug-likeness (QED) is 0.694. The number of hydrogen-bond acceptors (Lipinski definition) is 3. The van der Waals surface area contributed by atoms with Crippen molar-refractivity contribution in [1.82, 2.24) is 5.32 Å². The predicted molar refractivity (Wildman–Crippen MR) is 50.8 cm³/mol. The summed E-state index contributed by atoms with van der Waals surface area (Å²) in [4.78, 5) is 0. The van der Waals surface area contributed by atoms with Gasteiger partial charge in [-0.3, -0.25) is 0 Å². The molecule has 13 heavy (non-hydrogen) atoms. The average molecular weight is 185 g/mol. The van der Waals surface area contributed by atoms with Crippen LogP contribution in [0.5, 0.6) is 0 Å². The Kier molecular flexibility index (Phi) is 2.34. The van der Waals surface area contributed by atoms with Gasteiger partial charge < -0.3 is 14.8 Å². The molecule has 0 aromatic heterocycles. The van der Waals surface area contributed by atoms with Gasteiger partial charge >= 0.3 is 0 Å². The zero-order valence-corrected chi connectivity index (χ0v) is 8.67. The van der Waals surface area contributed by atoms with Crippen LogP contribution in [-0.2, 0) is 9.47 Å². The molecule has 3 nitrogen and oxygen atoms in total. The molecule has 3 rings (SSSR count). The Labute approximate surface area is 79.8 Å². The number of fused-ring (bicyclic) bond motifs is 2. The molecule has 3 saturated heterocycles. The third-order valence-electron chi connectivity index (χ3n) is 2.63. The van der Waals surface area contributed by atoms with Crippen LogP contribution in [0, 0.1) is 0 Å². The molecular weight excluding hydrogens is 166 g/mol. The van der Waals surface area contributed by atoms with Crippen molar-refractivity contribution in [2.75, 3.05) is 13.2 Å². The van der Waals surface area contributed by atoms with Gasteiger partial charge in [0.05, 0.1) is 24.9 Å². The van der Waals surface area contributed by atoms with Crippen molar-refractivity contribution in [3.05, 3.63) is 0 Å². The molecule has 0 unspecified atom stereocenters.